The number of hydrogen-bond donors (Lipinski definition) is 2. The molecule has 0 aliphatic rings. The van der Waals surface area contributed by atoms with Crippen molar-refractivity contribution in [3.63, 3.8) is 0 Å². The van der Waals surface area contributed by atoms with Crippen molar-refractivity contribution in [2.75, 3.05) is 6.61 Å². The average Bonchev–Trinajstić information content (AvgIpc) is 2.51. The van der Waals surface area contributed by atoms with Gasteiger partial charge in [-0.05, 0) is 12.0 Å². The number of hydrogen-bond acceptors (Lipinski definition) is 6. The average molecular weight is 338 g/mol. The number of rotatable bonds is 7. The summed E-state index contributed by atoms with van der Waals surface area (Å²) in [7, 11) is 0. The third kappa shape index (κ3) is 5.56. The largest absolute Gasteiger partial charge is 1.00 e. The maximum atomic E-state index is 12.2. The van der Waals surface area contributed by atoms with E-state index in [1.54, 1.807) is 0 Å². The van der Waals surface area contributed by atoms with Gasteiger partial charge in [-0.2, -0.15) is 0 Å². The predicted molar refractivity (Wildman–Crippen MR) is 79.4 cm³/mol. The first-order valence-corrected chi connectivity index (χ1v) is 6.93. The number of carboxylic acids is 1. The van der Waals surface area contributed by atoms with Crippen LogP contribution in [0.4, 0.5) is 0 Å². The van der Waals surface area contributed by atoms with Crippen molar-refractivity contribution >= 4 is 11.8 Å². The molecule has 0 aliphatic heterocycles. The molecule has 0 heterocycles. The molecule has 2 N–H and O–H groups in total. The molecule has 2 aromatic rings. The van der Waals surface area contributed by atoms with Crippen molar-refractivity contribution < 1.29 is 59.2 Å². The molecule has 0 aliphatic carbocycles. The second kappa shape index (κ2) is 9.32. The molecule has 2 rings (SSSR count). The van der Waals surface area contributed by atoms with Crippen molar-refractivity contribution in [2.24, 2.45) is 0 Å². The molecule has 0 fully saturated rings. The van der Waals surface area contributed by atoms with E-state index in [9.17, 15) is 24.9 Å². The third-order valence-electron chi connectivity index (χ3n) is 3.19. The summed E-state index contributed by atoms with van der Waals surface area (Å²) in [5, 5.41) is 30.1. The first-order valence-electron chi connectivity index (χ1n) is 6.93. The van der Waals surface area contributed by atoms with Gasteiger partial charge >= 0.3 is 29.6 Å². The summed E-state index contributed by atoms with van der Waals surface area (Å²) in [5.74, 6) is -2.85. The summed E-state index contributed by atoms with van der Waals surface area (Å²) >= 11 is 0. The first-order chi connectivity index (χ1) is 11.0. The molecule has 0 atom stereocenters. The van der Waals surface area contributed by atoms with Gasteiger partial charge in [-0.15, -0.1) is 0 Å². The fourth-order valence-electron chi connectivity index (χ4n) is 2.13. The number of aromatic hydroxyl groups is 2. The van der Waals surface area contributed by atoms with Crippen LogP contribution in [0.3, 0.4) is 0 Å². The molecule has 0 unspecified atom stereocenters. The van der Waals surface area contributed by atoms with E-state index in [4.69, 9.17) is 4.74 Å². The number of aliphatic carboxylic acids is 1. The normalized spacial score (nSPS) is 9.83. The molecule has 7 heteroatoms. The maximum absolute atomic E-state index is 12.2. The summed E-state index contributed by atoms with van der Waals surface area (Å²) in [6.45, 7) is -0.722. The zero-order valence-electron chi connectivity index (χ0n) is 13.2. The Morgan fingerprint density at radius 1 is 1.04 bits per heavy atom. The summed E-state index contributed by atoms with van der Waals surface area (Å²) in [5.41, 5.74) is 0.760. The Kier molecular flexibility index (Phi) is 7.78. The zero-order valence-corrected chi connectivity index (χ0v) is 15.2. The molecule has 24 heavy (non-hydrogen) atoms. The molecular weight excluding hydrogens is 323 g/mol. The van der Waals surface area contributed by atoms with Crippen LogP contribution in [-0.4, -0.2) is 28.6 Å². The van der Waals surface area contributed by atoms with Crippen LogP contribution in [-0.2, 0) is 11.2 Å². The smallest absolute Gasteiger partial charge is 0.546 e. The Morgan fingerprint density at radius 2 is 1.62 bits per heavy atom. The zero-order chi connectivity index (χ0) is 16.8. The number of phenols is 2. The van der Waals surface area contributed by atoms with E-state index in [2.05, 4.69) is 0 Å². The van der Waals surface area contributed by atoms with Crippen molar-refractivity contribution in [1.82, 2.24) is 0 Å². The number of carbonyl (C=O) groups is 2. The number of ketones is 1. The van der Waals surface area contributed by atoms with Gasteiger partial charge in [0, 0.05) is 18.6 Å². The summed E-state index contributed by atoms with van der Waals surface area (Å²) < 4.78 is 4.80. The number of ether oxygens (including phenoxy) is 1. The second-order valence-electron chi connectivity index (χ2n) is 4.91. The van der Waals surface area contributed by atoms with Crippen molar-refractivity contribution in [3.05, 3.63) is 53.6 Å². The number of carboxylic acid groups (broad SMARTS) is 1. The molecule has 0 spiro atoms. The topological polar surface area (TPSA) is 107 Å². The quantitative estimate of drug-likeness (QED) is 0.449. The number of phenolic OH excluding ortho intramolecular Hbond substituents is 2. The third-order valence-corrected chi connectivity index (χ3v) is 3.19. The number of Topliss-reactive ketones (excluding diaryl/α,β-unsaturated/α-hetero) is 1. The molecular formula is C17H15NaO6. The molecule has 0 saturated heterocycles. The van der Waals surface area contributed by atoms with Gasteiger partial charge in [0.1, 0.15) is 29.4 Å². The Hall–Kier alpha value is -2.02. The van der Waals surface area contributed by atoms with Crippen LogP contribution in [0, 0.1) is 0 Å². The van der Waals surface area contributed by atoms with Crippen LogP contribution in [0.5, 0.6) is 17.2 Å². The molecule has 6 nitrogen and oxygen atoms in total. The van der Waals surface area contributed by atoms with E-state index in [0.29, 0.717) is 6.42 Å². The van der Waals surface area contributed by atoms with E-state index < -0.39 is 29.9 Å². The minimum absolute atomic E-state index is 0. The van der Waals surface area contributed by atoms with Crippen molar-refractivity contribution in [3.8, 4) is 17.2 Å². The fraction of sp³-hybridized carbons (Fsp3) is 0.176. The molecule has 120 valence electrons. The summed E-state index contributed by atoms with van der Waals surface area (Å²) in [6.07, 6.45) is 0.589. The fourth-order valence-corrected chi connectivity index (χ4v) is 2.13. The van der Waals surface area contributed by atoms with Gasteiger partial charge in [0.05, 0.1) is 5.97 Å². The molecule has 0 amide bonds. The first kappa shape index (κ1) is 20.0. The molecule has 2 aromatic carbocycles. The Bertz CT molecular complexity index is 691. The van der Waals surface area contributed by atoms with Crippen molar-refractivity contribution in [2.45, 2.75) is 12.8 Å². The van der Waals surface area contributed by atoms with E-state index in [-0.39, 0.29) is 47.3 Å². The monoisotopic (exact) mass is 338 g/mol. The minimum Gasteiger partial charge on any atom is -0.546 e. The van der Waals surface area contributed by atoms with Crippen LogP contribution in [0.2, 0.25) is 0 Å². The predicted octanol–water partition coefficient (Wildman–Crippen LogP) is -1.95. The SMILES string of the molecule is O=C([O-])COc1cc(O)c(C(=O)CCc2ccccc2)c(O)c1.[Na+]. The molecule has 0 saturated carbocycles. The molecule has 0 radical (unpaired) electrons. The van der Waals surface area contributed by atoms with Gasteiger partial charge < -0.3 is 24.9 Å². The number of carbonyl (C=O) groups excluding carboxylic acids is 2. The summed E-state index contributed by atoms with van der Waals surface area (Å²) in [4.78, 5) is 22.5. The Labute approximate surface area is 161 Å². The molecule has 0 bridgehead atoms. The Morgan fingerprint density at radius 3 is 2.17 bits per heavy atom. The minimum atomic E-state index is -1.44. The van der Waals surface area contributed by atoms with Gasteiger partial charge in [-0.25, -0.2) is 0 Å². The van der Waals surface area contributed by atoms with Gasteiger partial charge in [0.2, 0.25) is 0 Å². The summed E-state index contributed by atoms with van der Waals surface area (Å²) in [6, 6.07) is 11.5. The van der Waals surface area contributed by atoms with Crippen LogP contribution >= 0.6 is 0 Å². The van der Waals surface area contributed by atoms with Gasteiger partial charge in [-0.1, -0.05) is 30.3 Å². The van der Waals surface area contributed by atoms with Crippen LogP contribution < -0.4 is 39.4 Å². The molecule has 0 aromatic heterocycles. The van der Waals surface area contributed by atoms with Gasteiger partial charge in [0.25, 0.3) is 0 Å². The van der Waals surface area contributed by atoms with Gasteiger partial charge in [0.15, 0.2) is 5.78 Å². The maximum Gasteiger partial charge on any atom is 1.00 e. The van der Waals surface area contributed by atoms with E-state index in [0.717, 1.165) is 17.7 Å². The second-order valence-corrected chi connectivity index (χ2v) is 4.91. The number of aryl methyl sites for hydroxylation is 1. The van der Waals surface area contributed by atoms with Crippen LogP contribution in [0.1, 0.15) is 22.3 Å². The number of benzene rings is 2. The van der Waals surface area contributed by atoms with E-state index >= 15 is 0 Å². The van der Waals surface area contributed by atoms with E-state index in [1.165, 1.54) is 0 Å². The van der Waals surface area contributed by atoms with Gasteiger partial charge in [-0.3, -0.25) is 4.79 Å². The standard InChI is InChI=1S/C17H16O6.Na/c18-13(7-6-11-4-2-1-3-5-11)17-14(19)8-12(9-15(17)20)23-10-16(21)22;/h1-5,8-9,19-20H,6-7,10H2,(H,21,22);/q;+1/p-1. The van der Waals surface area contributed by atoms with Crippen molar-refractivity contribution in [1.29, 1.82) is 0 Å². The van der Waals surface area contributed by atoms with E-state index in [1.807, 2.05) is 30.3 Å². The van der Waals surface area contributed by atoms with Crippen LogP contribution in [0.25, 0.3) is 0 Å². The van der Waals surface area contributed by atoms with Crippen LogP contribution in [0.15, 0.2) is 42.5 Å². The Balaban J connectivity index is 0.00000288.